The Morgan fingerprint density at radius 1 is 0.736 bits per heavy atom. The zero-order chi connectivity index (χ0) is 62.8. The first kappa shape index (κ1) is 66.2. The molecule has 9 amide bonds. The number of ether oxygens (including phenoxy) is 5. The van der Waals surface area contributed by atoms with Gasteiger partial charge in [0.05, 0.1) is 121 Å². The first-order valence-electron chi connectivity index (χ1n) is 28.3. The fraction of sp³-hybridized carbons (Fsp3) is 0.536. The monoisotopic (exact) mass is 1220 g/mol. The number of fused-ring (bicyclic) bond motifs is 5. The van der Waals surface area contributed by atoms with Gasteiger partial charge in [-0.25, -0.2) is 14.2 Å². The Morgan fingerprint density at radius 3 is 1.89 bits per heavy atom. The van der Waals surface area contributed by atoms with Gasteiger partial charge in [0.2, 0.25) is 47.3 Å². The van der Waals surface area contributed by atoms with Crippen molar-refractivity contribution in [1.29, 1.82) is 0 Å². The van der Waals surface area contributed by atoms with Crippen LogP contribution in [0.1, 0.15) is 71.9 Å². The highest BCUT2D eigenvalue weighted by Crippen LogP contribution is 2.46. The molecule has 31 heteroatoms. The van der Waals surface area contributed by atoms with E-state index in [1.165, 1.54) is 27.7 Å². The summed E-state index contributed by atoms with van der Waals surface area (Å²) in [5.74, 6) is -7.46. The molecule has 7 rings (SSSR count). The van der Waals surface area contributed by atoms with Crippen LogP contribution in [0.3, 0.4) is 0 Å². The van der Waals surface area contributed by atoms with Crippen LogP contribution in [0.5, 0.6) is 0 Å². The lowest BCUT2D eigenvalue weighted by atomic mass is 9.78. The summed E-state index contributed by atoms with van der Waals surface area (Å²) in [5, 5.41) is 51.5. The van der Waals surface area contributed by atoms with E-state index in [-0.39, 0.29) is 108 Å². The van der Waals surface area contributed by atoms with Gasteiger partial charge in [0.15, 0.2) is 5.60 Å². The zero-order valence-electron chi connectivity index (χ0n) is 48.1. The number of nitrogens with zero attached hydrogens (tertiary/aromatic N) is 3. The van der Waals surface area contributed by atoms with E-state index in [1.807, 2.05) is 0 Å². The first-order valence-corrected chi connectivity index (χ1v) is 28.3. The van der Waals surface area contributed by atoms with Gasteiger partial charge in [-0.3, -0.25) is 47.9 Å². The van der Waals surface area contributed by atoms with Crippen LogP contribution in [0.4, 0.5) is 4.39 Å². The predicted octanol–water partition coefficient (Wildman–Crippen LogP) is -4.59. The van der Waals surface area contributed by atoms with E-state index >= 15 is 4.39 Å². The van der Waals surface area contributed by atoms with Crippen molar-refractivity contribution >= 4 is 70.0 Å². The number of rotatable bonds is 34. The molecular formula is C56H72FN11O19. The van der Waals surface area contributed by atoms with Crippen LogP contribution in [-0.4, -0.2) is 213 Å². The maximum atomic E-state index is 15.3. The molecule has 0 bridgehead atoms. The van der Waals surface area contributed by atoms with Crippen LogP contribution in [0, 0.1) is 12.7 Å². The van der Waals surface area contributed by atoms with Gasteiger partial charge in [0, 0.05) is 67.0 Å². The van der Waals surface area contributed by atoms with E-state index in [4.69, 9.17) is 28.7 Å². The Labute approximate surface area is 496 Å². The smallest absolute Gasteiger partial charge is 0.343 e. The molecule has 0 fully saturated rings. The Balaban J connectivity index is 0.690. The topological polar surface area (TPSA) is 412 Å². The molecule has 2 aromatic heterocycles. The number of esters is 1. The average molecular weight is 1220 g/mol. The summed E-state index contributed by atoms with van der Waals surface area (Å²) < 4.78 is 43.6. The van der Waals surface area contributed by atoms with E-state index in [0.29, 0.717) is 66.1 Å². The summed E-state index contributed by atoms with van der Waals surface area (Å²) in [4.78, 5) is 143. The molecule has 0 spiro atoms. The third-order valence-corrected chi connectivity index (χ3v) is 14.8. The second-order valence-electron chi connectivity index (χ2n) is 20.6. The highest BCUT2D eigenvalue weighted by Gasteiger charge is 2.46. The molecule has 30 nitrogen and oxygen atoms in total. The van der Waals surface area contributed by atoms with E-state index in [2.05, 4.69) is 42.5 Å². The number of hydrogen-bond acceptors (Lipinski definition) is 20. The third kappa shape index (κ3) is 17.4. The van der Waals surface area contributed by atoms with Crippen LogP contribution < -0.4 is 48.1 Å². The fourth-order valence-electron chi connectivity index (χ4n) is 10.0. The normalized spacial score (nSPS) is 17.3. The van der Waals surface area contributed by atoms with Gasteiger partial charge in [-0.1, -0.05) is 6.92 Å². The van der Waals surface area contributed by atoms with Gasteiger partial charge in [-0.15, -0.1) is 0 Å². The van der Waals surface area contributed by atoms with Gasteiger partial charge in [-0.2, -0.15) is 0 Å². The van der Waals surface area contributed by atoms with E-state index < -0.39 is 122 Å². The van der Waals surface area contributed by atoms with Crippen molar-refractivity contribution < 1.29 is 91.3 Å². The second kappa shape index (κ2) is 31.4. The number of amides is 9. The molecule has 472 valence electrons. The van der Waals surface area contributed by atoms with Crippen molar-refractivity contribution in [3.05, 3.63) is 73.8 Å². The number of aliphatic hydroxyl groups is 3. The summed E-state index contributed by atoms with van der Waals surface area (Å²) in [5.41, 5.74) is 1.28. The number of nitrogens with one attached hydrogen (secondary N) is 8. The number of aliphatic hydroxyl groups excluding tert-OH is 2. The Morgan fingerprint density at radius 2 is 1.30 bits per heavy atom. The molecule has 0 saturated heterocycles. The molecule has 5 heterocycles. The van der Waals surface area contributed by atoms with Crippen LogP contribution in [-0.2, 0) is 96.8 Å². The third-order valence-electron chi connectivity index (χ3n) is 14.8. The number of hydrogen-bond donors (Lipinski definition) is 11. The summed E-state index contributed by atoms with van der Waals surface area (Å²) in [6.07, 6.45) is 0.696. The lowest BCUT2D eigenvalue weighted by Crippen LogP contribution is -2.48. The maximum Gasteiger partial charge on any atom is 0.343 e. The molecular weight excluding hydrogens is 1150 g/mol. The van der Waals surface area contributed by atoms with Crippen LogP contribution in [0.25, 0.3) is 22.3 Å². The largest absolute Gasteiger partial charge is 0.458 e. The van der Waals surface area contributed by atoms with E-state index in [9.17, 15) is 68.1 Å². The molecule has 3 aliphatic heterocycles. The highest BCUT2D eigenvalue weighted by molar-refractivity contribution is 5.95. The van der Waals surface area contributed by atoms with E-state index in [0.717, 1.165) is 11.1 Å². The van der Waals surface area contributed by atoms with Gasteiger partial charge >= 0.3 is 5.97 Å². The minimum Gasteiger partial charge on any atom is -0.458 e. The predicted molar refractivity (Wildman–Crippen MR) is 300 cm³/mol. The average Bonchev–Trinajstić information content (AvgIpc) is 1.68. The van der Waals surface area contributed by atoms with Crippen LogP contribution in [0.15, 0.2) is 29.1 Å². The molecule has 1 aliphatic carbocycles. The van der Waals surface area contributed by atoms with Crippen LogP contribution in [0.2, 0.25) is 0 Å². The molecule has 87 heavy (non-hydrogen) atoms. The van der Waals surface area contributed by atoms with Crippen LogP contribution >= 0.6 is 0 Å². The Hall–Kier alpha value is -8.33. The summed E-state index contributed by atoms with van der Waals surface area (Å²) in [6.45, 7) is 2.09. The Kier molecular flexibility index (Phi) is 23.9. The number of benzene rings is 1. The van der Waals surface area contributed by atoms with Crippen molar-refractivity contribution in [3.8, 4) is 11.4 Å². The van der Waals surface area contributed by atoms with Crippen molar-refractivity contribution in [2.24, 2.45) is 0 Å². The molecule has 3 aromatic rings. The molecule has 1 unspecified atom stereocenters. The molecule has 11 N–H and O–H groups in total. The second-order valence-corrected chi connectivity index (χ2v) is 20.6. The molecule has 0 saturated carbocycles. The van der Waals surface area contributed by atoms with Crippen molar-refractivity contribution in [1.82, 2.24) is 57.0 Å². The van der Waals surface area contributed by atoms with Gasteiger partial charge in [-0.05, 0) is 55.0 Å². The summed E-state index contributed by atoms with van der Waals surface area (Å²) >= 11 is 0. The lowest BCUT2D eigenvalue weighted by Gasteiger charge is -2.31. The molecule has 4 aliphatic rings. The minimum atomic E-state index is -2.06. The first-order chi connectivity index (χ1) is 41.7. The summed E-state index contributed by atoms with van der Waals surface area (Å²) in [6, 6.07) is 2.87. The van der Waals surface area contributed by atoms with Gasteiger partial charge in [0.1, 0.15) is 24.8 Å². The zero-order valence-corrected chi connectivity index (χ0v) is 48.1. The molecule has 0 radical (unpaired) electrons. The fourth-order valence-corrected chi connectivity index (χ4v) is 10.0. The van der Waals surface area contributed by atoms with Crippen molar-refractivity contribution in [2.75, 3.05) is 112 Å². The molecule has 4 atom stereocenters. The number of aromatic nitrogens is 2. The van der Waals surface area contributed by atoms with Gasteiger partial charge in [0.25, 0.3) is 11.5 Å². The highest BCUT2D eigenvalue weighted by atomic mass is 19.1. The molecule has 1 aromatic carbocycles. The van der Waals surface area contributed by atoms with Crippen molar-refractivity contribution in [2.45, 2.75) is 83.0 Å². The summed E-state index contributed by atoms with van der Waals surface area (Å²) in [7, 11) is 0. The van der Waals surface area contributed by atoms with Gasteiger partial charge < -0.3 is 91.0 Å². The number of carbonyl (C=O) groups is 10. The number of cyclic esters (lactones) is 1. The minimum absolute atomic E-state index is 0.00139. The number of carbonyl (C=O) groups excluding carboxylic acids is 10. The maximum absolute atomic E-state index is 15.3. The number of halogens is 1. The quantitative estimate of drug-likeness (QED) is 0.0155. The Bertz CT molecular complexity index is 3210. The lowest BCUT2D eigenvalue weighted by molar-refractivity contribution is -0.172. The van der Waals surface area contributed by atoms with Crippen molar-refractivity contribution in [3.63, 3.8) is 0 Å². The van der Waals surface area contributed by atoms with E-state index in [1.54, 1.807) is 19.9 Å². The SMILES string of the molecule is CC[C@]1(O)C(=O)OCc2c1cc1n(c2=O)Cc2c-1nc1cc(F)c(C)c3c1c2[C@H](CNC(=O)[C@@H](O)CNC(=O)CNC(=O)CNC(=O)CNC(=O)CNC(=O)CNC(=O)CCOCCOCCOCCOCCNC(=O)CCN1C(=O)C=CC1O)CC3. The number of pyridine rings is 2. The number of aryl methyl sites for hydroxylation is 1. The standard InChI is InChI=1S/C56H72FN11O19/c1-3-56(82)36-20-39-52-34(29-68(39)54(80)35(36)30-87-55(56)81)50-32(4-5-33-31(2)37(57)21-38(66-52)51(33)50)22-65-53(79)40(69)23-59-43(72)25-61-45(74)27-63-47(76)28-64-46(75)26-62-44(73)24-60-42(71)9-12-83-14-16-85-18-19-86-17-15-84-13-10-58-41(70)8-11-67-48(77)6-7-49(67)78/h6-7,20-21,32,40,48,69,77,82H,3-5,8-19,22-30H2,1-2H3,(H,58,70)(H,59,72)(H,60,71)(H,61,74)(H,62,73)(H,63,76)(H,64,75)(H,65,79)/t32-,40-,48?,56+/m0/s1.